The van der Waals surface area contributed by atoms with Gasteiger partial charge in [0.25, 0.3) is 0 Å². The molecule has 6 nitrogen and oxygen atoms in total. The number of amides is 1. The first-order valence-electron chi connectivity index (χ1n) is 6.15. The molecule has 2 aromatic rings. The van der Waals surface area contributed by atoms with Crippen LogP contribution in [0.25, 0.3) is 11.7 Å². The smallest absolute Gasteiger partial charge is 0.305 e. The van der Waals surface area contributed by atoms with E-state index in [4.69, 9.17) is 5.11 Å². The van der Waals surface area contributed by atoms with E-state index < -0.39 is 5.97 Å². The van der Waals surface area contributed by atoms with Gasteiger partial charge >= 0.3 is 5.97 Å². The molecule has 0 spiro atoms. The zero-order chi connectivity index (χ0) is 14.5. The van der Waals surface area contributed by atoms with Crippen LogP contribution in [-0.2, 0) is 9.59 Å². The summed E-state index contributed by atoms with van der Waals surface area (Å²) < 4.78 is 1.86. The number of carboxylic acid groups (broad SMARTS) is 1. The number of hydrogen-bond acceptors (Lipinski definition) is 3. The van der Waals surface area contributed by atoms with Crippen molar-refractivity contribution in [2.45, 2.75) is 6.42 Å². The summed E-state index contributed by atoms with van der Waals surface area (Å²) in [6.45, 7) is 0.186. The standard InChI is InChI=1S/C14H15N3O3/c1-16(9-7-14(19)20)13(18)6-5-11-10-15-12-4-2-3-8-17(11)12/h2-6,8,10H,7,9H2,1H3,(H,19,20)/b6-5+. The molecule has 20 heavy (non-hydrogen) atoms. The molecule has 1 amide bonds. The maximum Gasteiger partial charge on any atom is 0.305 e. The number of imidazole rings is 1. The Labute approximate surface area is 116 Å². The number of rotatable bonds is 5. The Kier molecular flexibility index (Phi) is 4.14. The molecule has 0 aliphatic carbocycles. The van der Waals surface area contributed by atoms with Gasteiger partial charge in [0, 0.05) is 25.9 Å². The van der Waals surface area contributed by atoms with E-state index in [1.165, 1.54) is 11.0 Å². The molecule has 0 saturated carbocycles. The van der Waals surface area contributed by atoms with Crippen LogP contribution in [-0.4, -0.2) is 44.9 Å². The Morgan fingerprint density at radius 1 is 1.45 bits per heavy atom. The van der Waals surface area contributed by atoms with Crippen LogP contribution in [0.5, 0.6) is 0 Å². The van der Waals surface area contributed by atoms with Crippen molar-refractivity contribution in [3.63, 3.8) is 0 Å². The maximum absolute atomic E-state index is 11.8. The number of pyridine rings is 1. The highest BCUT2D eigenvalue weighted by Gasteiger charge is 2.07. The lowest BCUT2D eigenvalue weighted by Crippen LogP contribution is -2.27. The molecule has 2 heterocycles. The van der Waals surface area contributed by atoms with Gasteiger partial charge in [-0.05, 0) is 18.2 Å². The fraction of sp³-hybridized carbons (Fsp3) is 0.214. The van der Waals surface area contributed by atoms with E-state index in [-0.39, 0.29) is 18.9 Å². The molecule has 2 aromatic heterocycles. The van der Waals surface area contributed by atoms with E-state index >= 15 is 0 Å². The summed E-state index contributed by atoms with van der Waals surface area (Å²) in [5.74, 6) is -1.16. The van der Waals surface area contributed by atoms with Gasteiger partial charge in [-0.1, -0.05) is 6.07 Å². The summed E-state index contributed by atoms with van der Waals surface area (Å²) >= 11 is 0. The van der Waals surface area contributed by atoms with Gasteiger partial charge in [-0.3, -0.25) is 9.59 Å². The normalized spacial score (nSPS) is 11.1. The molecule has 0 atom stereocenters. The zero-order valence-corrected chi connectivity index (χ0v) is 11.1. The lowest BCUT2D eigenvalue weighted by atomic mass is 10.3. The van der Waals surface area contributed by atoms with Crippen LogP contribution in [0.1, 0.15) is 12.1 Å². The first kappa shape index (κ1) is 13.8. The summed E-state index contributed by atoms with van der Waals surface area (Å²) in [7, 11) is 1.57. The fourth-order valence-electron chi connectivity index (χ4n) is 1.73. The minimum Gasteiger partial charge on any atom is -0.481 e. The zero-order valence-electron chi connectivity index (χ0n) is 11.1. The fourth-order valence-corrected chi connectivity index (χ4v) is 1.73. The first-order valence-corrected chi connectivity index (χ1v) is 6.15. The third-order valence-corrected chi connectivity index (χ3v) is 2.88. The molecule has 0 saturated heterocycles. The van der Waals surface area contributed by atoms with Crippen LogP contribution in [0.4, 0.5) is 0 Å². The van der Waals surface area contributed by atoms with Crippen molar-refractivity contribution in [3.8, 4) is 0 Å². The summed E-state index contributed by atoms with van der Waals surface area (Å²) in [6.07, 6.45) is 6.56. The van der Waals surface area contributed by atoms with Crippen molar-refractivity contribution in [2.75, 3.05) is 13.6 Å². The molecule has 104 valence electrons. The number of nitrogens with zero attached hydrogens (tertiary/aromatic N) is 3. The Hall–Kier alpha value is -2.63. The summed E-state index contributed by atoms with van der Waals surface area (Å²) in [4.78, 5) is 27.8. The van der Waals surface area contributed by atoms with Crippen LogP contribution >= 0.6 is 0 Å². The van der Waals surface area contributed by atoms with Gasteiger partial charge in [-0.15, -0.1) is 0 Å². The number of fused-ring (bicyclic) bond motifs is 1. The average molecular weight is 273 g/mol. The van der Waals surface area contributed by atoms with Crippen molar-refractivity contribution in [2.24, 2.45) is 0 Å². The van der Waals surface area contributed by atoms with Gasteiger partial charge in [0.1, 0.15) is 5.65 Å². The van der Waals surface area contributed by atoms with Gasteiger partial charge in [0.05, 0.1) is 18.3 Å². The molecule has 0 aromatic carbocycles. The molecule has 1 N–H and O–H groups in total. The van der Waals surface area contributed by atoms with E-state index in [0.717, 1.165) is 11.3 Å². The molecule has 0 bridgehead atoms. The van der Waals surface area contributed by atoms with E-state index in [1.807, 2.05) is 28.8 Å². The Morgan fingerprint density at radius 3 is 3.00 bits per heavy atom. The molecule has 0 aliphatic heterocycles. The number of aromatic nitrogens is 2. The summed E-state index contributed by atoms with van der Waals surface area (Å²) in [6, 6.07) is 5.64. The van der Waals surface area contributed by atoms with Gasteiger partial charge in [-0.2, -0.15) is 0 Å². The van der Waals surface area contributed by atoms with E-state index in [2.05, 4.69) is 4.98 Å². The Balaban J connectivity index is 2.05. The van der Waals surface area contributed by atoms with Gasteiger partial charge in [0.2, 0.25) is 5.91 Å². The van der Waals surface area contributed by atoms with E-state index in [0.29, 0.717) is 0 Å². The van der Waals surface area contributed by atoms with E-state index in [9.17, 15) is 9.59 Å². The topological polar surface area (TPSA) is 74.9 Å². The minimum atomic E-state index is -0.921. The Morgan fingerprint density at radius 2 is 2.25 bits per heavy atom. The lowest BCUT2D eigenvalue weighted by Gasteiger charge is -2.12. The quantitative estimate of drug-likeness (QED) is 0.833. The van der Waals surface area contributed by atoms with Crippen molar-refractivity contribution >= 4 is 23.6 Å². The third-order valence-electron chi connectivity index (χ3n) is 2.88. The highest BCUT2D eigenvalue weighted by molar-refractivity contribution is 5.91. The molecule has 0 radical (unpaired) electrons. The predicted octanol–water partition coefficient (Wildman–Crippen LogP) is 1.28. The minimum absolute atomic E-state index is 0.0638. The second-order valence-corrected chi connectivity index (χ2v) is 4.35. The largest absolute Gasteiger partial charge is 0.481 e. The number of likely N-dealkylation sites (N-methyl/N-ethyl adjacent to an activating group) is 1. The Bertz CT molecular complexity index is 660. The number of carbonyl (C=O) groups is 2. The van der Waals surface area contributed by atoms with Crippen LogP contribution in [0, 0.1) is 0 Å². The molecule has 2 rings (SSSR count). The second kappa shape index (κ2) is 6.01. The van der Waals surface area contributed by atoms with Crippen molar-refractivity contribution in [1.82, 2.24) is 14.3 Å². The SMILES string of the molecule is CN(CCC(=O)O)C(=O)/C=C/c1cnc2ccccn12. The van der Waals surface area contributed by atoms with Crippen LogP contribution in [0.15, 0.2) is 36.7 Å². The molecule has 0 fully saturated rings. The maximum atomic E-state index is 11.8. The molecular formula is C14H15N3O3. The number of carbonyl (C=O) groups excluding carboxylic acids is 1. The lowest BCUT2D eigenvalue weighted by molar-refractivity contribution is -0.137. The monoisotopic (exact) mass is 273 g/mol. The first-order chi connectivity index (χ1) is 9.58. The average Bonchev–Trinajstić information content (AvgIpc) is 2.85. The molecule has 0 unspecified atom stereocenters. The molecular weight excluding hydrogens is 258 g/mol. The summed E-state index contributed by atoms with van der Waals surface area (Å²) in [5.41, 5.74) is 1.60. The number of carboxylic acids is 1. The van der Waals surface area contributed by atoms with Crippen molar-refractivity contribution in [1.29, 1.82) is 0 Å². The molecule has 0 aliphatic rings. The van der Waals surface area contributed by atoms with Crippen LogP contribution in [0.3, 0.4) is 0 Å². The highest BCUT2D eigenvalue weighted by Crippen LogP contribution is 2.07. The molecule has 6 heteroatoms. The summed E-state index contributed by atoms with van der Waals surface area (Å²) in [5, 5.41) is 8.58. The van der Waals surface area contributed by atoms with Crippen molar-refractivity contribution in [3.05, 3.63) is 42.4 Å². The van der Waals surface area contributed by atoms with Crippen LogP contribution in [0.2, 0.25) is 0 Å². The van der Waals surface area contributed by atoms with Gasteiger partial charge in [0.15, 0.2) is 0 Å². The van der Waals surface area contributed by atoms with Gasteiger partial charge in [-0.25, -0.2) is 4.98 Å². The highest BCUT2D eigenvalue weighted by atomic mass is 16.4. The predicted molar refractivity (Wildman–Crippen MR) is 74.1 cm³/mol. The van der Waals surface area contributed by atoms with Crippen molar-refractivity contribution < 1.29 is 14.7 Å². The van der Waals surface area contributed by atoms with Crippen LogP contribution < -0.4 is 0 Å². The van der Waals surface area contributed by atoms with E-state index in [1.54, 1.807) is 19.3 Å². The third kappa shape index (κ3) is 3.23. The van der Waals surface area contributed by atoms with Gasteiger partial charge < -0.3 is 14.4 Å². The number of hydrogen-bond donors (Lipinski definition) is 1. The number of aliphatic carboxylic acids is 1. The second-order valence-electron chi connectivity index (χ2n) is 4.35.